The van der Waals surface area contributed by atoms with Crippen LogP contribution < -0.4 is 15.8 Å². The van der Waals surface area contributed by atoms with Gasteiger partial charge in [-0.15, -0.1) is 0 Å². The van der Waals surface area contributed by atoms with Crippen LogP contribution in [-0.2, 0) is 6.61 Å². The molecular formula is C17H16ClN5O. The van der Waals surface area contributed by atoms with Crippen LogP contribution in [0.4, 0.5) is 17.6 Å². The molecule has 3 N–H and O–H groups in total. The molecule has 1 aromatic heterocycles. The van der Waals surface area contributed by atoms with E-state index in [0.717, 1.165) is 11.3 Å². The SMILES string of the molecule is Cc1ccc(Cl)c(OCc2nc(N)nc(Nc3ccccc3)n2)c1. The molecular weight excluding hydrogens is 326 g/mol. The van der Waals surface area contributed by atoms with Crippen molar-refractivity contribution in [2.24, 2.45) is 0 Å². The lowest BCUT2D eigenvalue weighted by Gasteiger charge is -2.10. The number of para-hydroxylation sites is 1. The maximum Gasteiger partial charge on any atom is 0.232 e. The fourth-order valence-corrected chi connectivity index (χ4v) is 2.24. The van der Waals surface area contributed by atoms with Gasteiger partial charge in [0.1, 0.15) is 12.4 Å². The van der Waals surface area contributed by atoms with Crippen LogP contribution in [0.25, 0.3) is 0 Å². The Bertz CT molecular complexity index is 842. The van der Waals surface area contributed by atoms with E-state index in [4.69, 9.17) is 22.1 Å². The Morgan fingerprint density at radius 3 is 2.67 bits per heavy atom. The van der Waals surface area contributed by atoms with Gasteiger partial charge < -0.3 is 15.8 Å². The minimum Gasteiger partial charge on any atom is -0.484 e. The molecule has 0 amide bonds. The maximum absolute atomic E-state index is 6.12. The van der Waals surface area contributed by atoms with E-state index in [0.29, 0.717) is 22.5 Å². The Labute approximate surface area is 144 Å². The van der Waals surface area contributed by atoms with E-state index in [9.17, 15) is 0 Å². The van der Waals surface area contributed by atoms with Crippen molar-refractivity contribution in [3.63, 3.8) is 0 Å². The molecule has 2 aromatic carbocycles. The Balaban J connectivity index is 1.75. The first-order valence-corrected chi connectivity index (χ1v) is 7.69. The topological polar surface area (TPSA) is 86.0 Å². The number of nitrogens with one attached hydrogen (secondary N) is 1. The van der Waals surface area contributed by atoms with E-state index in [1.807, 2.05) is 49.4 Å². The summed E-state index contributed by atoms with van der Waals surface area (Å²) in [6.45, 7) is 2.10. The van der Waals surface area contributed by atoms with Crippen molar-refractivity contribution in [1.82, 2.24) is 15.0 Å². The number of nitrogens with zero attached hydrogens (tertiary/aromatic N) is 3. The van der Waals surface area contributed by atoms with Crippen LogP contribution in [0.2, 0.25) is 5.02 Å². The van der Waals surface area contributed by atoms with Crippen LogP contribution >= 0.6 is 11.6 Å². The van der Waals surface area contributed by atoms with Crippen molar-refractivity contribution < 1.29 is 4.74 Å². The fourth-order valence-electron chi connectivity index (χ4n) is 2.07. The number of benzene rings is 2. The van der Waals surface area contributed by atoms with E-state index in [2.05, 4.69) is 20.3 Å². The van der Waals surface area contributed by atoms with Crippen LogP contribution in [0.15, 0.2) is 48.5 Å². The van der Waals surface area contributed by atoms with E-state index in [-0.39, 0.29) is 12.6 Å². The Hall–Kier alpha value is -2.86. The Morgan fingerprint density at radius 1 is 1.08 bits per heavy atom. The molecule has 24 heavy (non-hydrogen) atoms. The normalized spacial score (nSPS) is 10.4. The van der Waals surface area contributed by atoms with Gasteiger partial charge in [0, 0.05) is 5.69 Å². The first kappa shape index (κ1) is 16.0. The summed E-state index contributed by atoms with van der Waals surface area (Å²) in [4.78, 5) is 12.5. The third-order valence-corrected chi connectivity index (χ3v) is 3.48. The van der Waals surface area contributed by atoms with Gasteiger partial charge in [-0.3, -0.25) is 0 Å². The second kappa shape index (κ2) is 7.14. The predicted octanol–water partition coefficient (Wildman–Crippen LogP) is 3.74. The summed E-state index contributed by atoms with van der Waals surface area (Å²) in [5.74, 6) is 1.48. The molecule has 0 aliphatic carbocycles. The zero-order valence-corrected chi connectivity index (χ0v) is 13.8. The molecule has 3 rings (SSSR count). The average molecular weight is 342 g/mol. The molecule has 0 aliphatic heterocycles. The van der Waals surface area contributed by atoms with Gasteiger partial charge in [-0.25, -0.2) is 0 Å². The maximum atomic E-state index is 6.12. The second-order valence-corrected chi connectivity index (χ2v) is 5.55. The van der Waals surface area contributed by atoms with E-state index in [1.54, 1.807) is 6.07 Å². The van der Waals surface area contributed by atoms with Crippen molar-refractivity contribution >= 4 is 29.2 Å². The highest BCUT2D eigenvalue weighted by Gasteiger charge is 2.08. The van der Waals surface area contributed by atoms with Crippen molar-refractivity contribution in [1.29, 1.82) is 0 Å². The molecule has 6 nitrogen and oxygen atoms in total. The van der Waals surface area contributed by atoms with Gasteiger partial charge in [0.25, 0.3) is 0 Å². The number of aromatic nitrogens is 3. The zero-order chi connectivity index (χ0) is 16.9. The smallest absolute Gasteiger partial charge is 0.232 e. The molecule has 0 bridgehead atoms. The molecule has 1 heterocycles. The van der Waals surface area contributed by atoms with Crippen molar-refractivity contribution in [2.45, 2.75) is 13.5 Å². The van der Waals surface area contributed by atoms with E-state index < -0.39 is 0 Å². The average Bonchev–Trinajstić information content (AvgIpc) is 2.56. The standard InChI is InChI=1S/C17H16ClN5O/c1-11-7-8-13(18)14(9-11)24-10-15-21-16(19)23-17(22-15)20-12-5-3-2-4-6-12/h2-9H,10H2,1H3,(H3,19,20,21,22,23). The van der Waals surface area contributed by atoms with E-state index in [1.165, 1.54) is 0 Å². The first-order chi connectivity index (χ1) is 11.6. The number of rotatable bonds is 5. The number of aryl methyl sites for hydroxylation is 1. The number of hydrogen-bond donors (Lipinski definition) is 2. The highest BCUT2D eigenvalue weighted by Crippen LogP contribution is 2.26. The minimum absolute atomic E-state index is 0.123. The third-order valence-electron chi connectivity index (χ3n) is 3.17. The van der Waals surface area contributed by atoms with E-state index >= 15 is 0 Å². The third kappa shape index (κ3) is 4.11. The molecule has 3 aromatic rings. The summed E-state index contributed by atoms with van der Waals surface area (Å²) < 4.78 is 5.70. The summed E-state index contributed by atoms with van der Waals surface area (Å²) in [6, 6.07) is 15.1. The number of nitrogens with two attached hydrogens (primary N) is 1. The molecule has 0 saturated carbocycles. The second-order valence-electron chi connectivity index (χ2n) is 5.15. The summed E-state index contributed by atoms with van der Waals surface area (Å²) in [6.07, 6.45) is 0. The molecule has 0 atom stereocenters. The Morgan fingerprint density at radius 2 is 1.88 bits per heavy atom. The first-order valence-electron chi connectivity index (χ1n) is 7.31. The number of nitrogen functional groups attached to an aromatic ring is 1. The largest absolute Gasteiger partial charge is 0.484 e. The lowest BCUT2D eigenvalue weighted by molar-refractivity contribution is 0.296. The molecule has 0 radical (unpaired) electrons. The monoisotopic (exact) mass is 341 g/mol. The van der Waals surface area contributed by atoms with Gasteiger partial charge in [0.05, 0.1) is 5.02 Å². The highest BCUT2D eigenvalue weighted by atomic mass is 35.5. The zero-order valence-electron chi connectivity index (χ0n) is 13.0. The van der Waals surface area contributed by atoms with Gasteiger partial charge in [-0.1, -0.05) is 35.9 Å². The summed E-state index contributed by atoms with van der Waals surface area (Å²) in [5, 5.41) is 3.61. The molecule has 122 valence electrons. The summed E-state index contributed by atoms with van der Waals surface area (Å²) in [5.41, 5.74) is 7.66. The van der Waals surface area contributed by atoms with Crippen LogP contribution in [0.1, 0.15) is 11.4 Å². The minimum atomic E-state index is 0.123. The van der Waals surface area contributed by atoms with Gasteiger partial charge in [0.2, 0.25) is 11.9 Å². The van der Waals surface area contributed by atoms with Crippen LogP contribution in [0, 0.1) is 6.92 Å². The summed E-state index contributed by atoms with van der Waals surface area (Å²) in [7, 11) is 0. The van der Waals surface area contributed by atoms with Crippen LogP contribution in [-0.4, -0.2) is 15.0 Å². The fraction of sp³-hybridized carbons (Fsp3) is 0.118. The molecule has 0 fully saturated rings. The quantitative estimate of drug-likeness (QED) is 0.735. The number of hydrogen-bond acceptors (Lipinski definition) is 6. The van der Waals surface area contributed by atoms with Gasteiger partial charge >= 0.3 is 0 Å². The molecule has 0 saturated heterocycles. The molecule has 0 unspecified atom stereocenters. The van der Waals surface area contributed by atoms with Crippen LogP contribution in [0.5, 0.6) is 5.75 Å². The number of ether oxygens (including phenoxy) is 1. The molecule has 0 spiro atoms. The highest BCUT2D eigenvalue weighted by molar-refractivity contribution is 6.32. The lowest BCUT2D eigenvalue weighted by Crippen LogP contribution is -2.09. The van der Waals surface area contributed by atoms with Crippen molar-refractivity contribution in [3.05, 3.63) is 64.9 Å². The van der Waals surface area contributed by atoms with Crippen LogP contribution in [0.3, 0.4) is 0 Å². The summed E-state index contributed by atoms with van der Waals surface area (Å²) >= 11 is 6.12. The van der Waals surface area contributed by atoms with Crippen molar-refractivity contribution in [2.75, 3.05) is 11.1 Å². The van der Waals surface area contributed by atoms with Gasteiger partial charge in [0.15, 0.2) is 5.82 Å². The number of anilines is 3. The predicted molar refractivity (Wildman–Crippen MR) is 94.5 cm³/mol. The van der Waals surface area contributed by atoms with Gasteiger partial charge in [-0.05, 0) is 36.8 Å². The number of halogens is 1. The van der Waals surface area contributed by atoms with Crippen molar-refractivity contribution in [3.8, 4) is 5.75 Å². The molecule has 7 heteroatoms. The van der Waals surface area contributed by atoms with Gasteiger partial charge in [-0.2, -0.15) is 15.0 Å². The lowest BCUT2D eigenvalue weighted by atomic mass is 10.2. The Kier molecular flexibility index (Phi) is 4.77. The molecule has 0 aliphatic rings.